The van der Waals surface area contributed by atoms with E-state index < -0.39 is 11.9 Å². The Morgan fingerprint density at radius 2 is 2.19 bits per heavy atom. The highest BCUT2D eigenvalue weighted by molar-refractivity contribution is 14.1. The first-order chi connectivity index (χ1) is 10.0. The van der Waals surface area contributed by atoms with E-state index in [4.69, 9.17) is 10.8 Å². The Morgan fingerprint density at radius 1 is 1.43 bits per heavy atom. The number of nitrogens with zero attached hydrogens (tertiary/aromatic N) is 3. The summed E-state index contributed by atoms with van der Waals surface area (Å²) in [5, 5.41) is 19.1. The van der Waals surface area contributed by atoms with E-state index in [1.54, 1.807) is 6.07 Å². The van der Waals surface area contributed by atoms with Crippen LogP contribution < -0.4 is 11.1 Å². The van der Waals surface area contributed by atoms with Gasteiger partial charge in [0, 0.05) is 10.1 Å². The second-order valence-corrected chi connectivity index (χ2v) is 5.35. The van der Waals surface area contributed by atoms with Gasteiger partial charge >= 0.3 is 5.97 Å². The zero-order valence-electron chi connectivity index (χ0n) is 10.8. The Morgan fingerprint density at radius 3 is 2.86 bits per heavy atom. The van der Waals surface area contributed by atoms with Crippen molar-refractivity contribution in [3.05, 3.63) is 39.2 Å². The first-order valence-electron chi connectivity index (χ1n) is 5.95. The van der Waals surface area contributed by atoms with Gasteiger partial charge in [-0.3, -0.25) is 9.48 Å². The summed E-state index contributed by atoms with van der Waals surface area (Å²) in [6.07, 6.45) is 1.45. The molecule has 0 bridgehead atoms. The van der Waals surface area contributed by atoms with Crippen molar-refractivity contribution in [3.63, 3.8) is 0 Å². The summed E-state index contributed by atoms with van der Waals surface area (Å²) in [6.45, 7) is 0.828. The SMILES string of the molecule is NCCn1cc(C(=O)Nc2ccc(I)cc2C(=O)O)nn1. The summed E-state index contributed by atoms with van der Waals surface area (Å²) in [4.78, 5) is 23.2. The van der Waals surface area contributed by atoms with Crippen molar-refractivity contribution in [3.8, 4) is 0 Å². The zero-order chi connectivity index (χ0) is 15.4. The molecule has 0 saturated heterocycles. The van der Waals surface area contributed by atoms with Crippen molar-refractivity contribution in [1.82, 2.24) is 15.0 Å². The van der Waals surface area contributed by atoms with E-state index in [2.05, 4.69) is 15.6 Å². The molecule has 110 valence electrons. The molecule has 2 aromatic rings. The number of aromatic nitrogens is 3. The number of carbonyl (C=O) groups excluding carboxylic acids is 1. The van der Waals surface area contributed by atoms with Crippen LogP contribution in [0.3, 0.4) is 0 Å². The number of hydrogen-bond acceptors (Lipinski definition) is 5. The van der Waals surface area contributed by atoms with Crippen LogP contribution in [0.1, 0.15) is 20.8 Å². The second kappa shape index (κ2) is 6.63. The van der Waals surface area contributed by atoms with Gasteiger partial charge < -0.3 is 16.2 Å². The molecule has 0 aliphatic rings. The zero-order valence-corrected chi connectivity index (χ0v) is 12.9. The lowest BCUT2D eigenvalue weighted by molar-refractivity contribution is 0.0698. The highest BCUT2D eigenvalue weighted by Gasteiger charge is 2.16. The van der Waals surface area contributed by atoms with Crippen LogP contribution in [-0.4, -0.2) is 38.5 Å². The van der Waals surface area contributed by atoms with Crippen LogP contribution in [0, 0.1) is 3.57 Å². The number of hydrogen-bond donors (Lipinski definition) is 3. The van der Waals surface area contributed by atoms with Gasteiger partial charge in [0.15, 0.2) is 5.69 Å². The minimum atomic E-state index is -1.12. The number of rotatable bonds is 5. The van der Waals surface area contributed by atoms with Gasteiger partial charge in [0.2, 0.25) is 0 Å². The number of nitrogens with two attached hydrogens (primary N) is 1. The van der Waals surface area contributed by atoms with Crippen LogP contribution >= 0.6 is 22.6 Å². The monoisotopic (exact) mass is 401 g/mol. The van der Waals surface area contributed by atoms with Crippen molar-refractivity contribution in [2.24, 2.45) is 5.73 Å². The molecule has 0 fully saturated rings. The van der Waals surface area contributed by atoms with Gasteiger partial charge in [0.25, 0.3) is 5.91 Å². The largest absolute Gasteiger partial charge is 0.478 e. The molecule has 21 heavy (non-hydrogen) atoms. The van der Waals surface area contributed by atoms with E-state index in [-0.39, 0.29) is 16.9 Å². The van der Waals surface area contributed by atoms with Crippen LogP contribution in [0.15, 0.2) is 24.4 Å². The lowest BCUT2D eigenvalue weighted by Crippen LogP contribution is -2.15. The average molecular weight is 401 g/mol. The number of halogens is 1. The molecular formula is C12H12IN5O3. The third kappa shape index (κ3) is 3.76. The predicted molar refractivity (Wildman–Crippen MR) is 83.1 cm³/mol. The average Bonchev–Trinajstić information content (AvgIpc) is 2.89. The van der Waals surface area contributed by atoms with E-state index >= 15 is 0 Å². The Hall–Kier alpha value is -2.01. The lowest BCUT2D eigenvalue weighted by Gasteiger charge is -2.07. The predicted octanol–water partition coefficient (Wildman–Crippen LogP) is 0.792. The molecule has 0 saturated carbocycles. The lowest BCUT2D eigenvalue weighted by atomic mass is 10.2. The van der Waals surface area contributed by atoms with Crippen molar-refractivity contribution in [2.45, 2.75) is 6.54 Å². The maximum absolute atomic E-state index is 12.0. The molecular weight excluding hydrogens is 389 g/mol. The molecule has 0 radical (unpaired) electrons. The first kappa shape index (κ1) is 15.4. The molecule has 1 aromatic carbocycles. The molecule has 0 atom stereocenters. The number of anilines is 1. The molecule has 9 heteroatoms. The molecule has 0 aliphatic heterocycles. The van der Waals surface area contributed by atoms with Crippen LogP contribution in [-0.2, 0) is 6.54 Å². The van der Waals surface area contributed by atoms with E-state index in [0.29, 0.717) is 13.1 Å². The number of benzene rings is 1. The topological polar surface area (TPSA) is 123 Å². The third-order valence-corrected chi connectivity index (χ3v) is 3.26. The summed E-state index contributed by atoms with van der Waals surface area (Å²) in [5.41, 5.74) is 5.70. The number of amides is 1. The minimum absolute atomic E-state index is 0.0181. The number of carboxylic acid groups (broad SMARTS) is 1. The van der Waals surface area contributed by atoms with Gasteiger partial charge in [-0.15, -0.1) is 5.10 Å². The normalized spacial score (nSPS) is 10.4. The second-order valence-electron chi connectivity index (χ2n) is 4.10. The summed E-state index contributed by atoms with van der Waals surface area (Å²) in [6, 6.07) is 4.71. The van der Waals surface area contributed by atoms with Crippen molar-refractivity contribution in [1.29, 1.82) is 0 Å². The van der Waals surface area contributed by atoms with Gasteiger partial charge in [0.1, 0.15) is 0 Å². The number of nitrogens with one attached hydrogen (secondary N) is 1. The smallest absolute Gasteiger partial charge is 0.337 e. The highest BCUT2D eigenvalue weighted by Crippen LogP contribution is 2.19. The fourth-order valence-electron chi connectivity index (χ4n) is 1.63. The highest BCUT2D eigenvalue weighted by atomic mass is 127. The Balaban J connectivity index is 2.20. The molecule has 0 unspecified atom stereocenters. The Labute approximate surface area is 133 Å². The van der Waals surface area contributed by atoms with Gasteiger partial charge in [-0.1, -0.05) is 5.21 Å². The Kier molecular flexibility index (Phi) is 4.85. The minimum Gasteiger partial charge on any atom is -0.478 e. The molecule has 2 rings (SSSR count). The fourth-order valence-corrected chi connectivity index (χ4v) is 2.12. The Bertz CT molecular complexity index is 685. The van der Waals surface area contributed by atoms with Crippen LogP contribution in [0.5, 0.6) is 0 Å². The maximum Gasteiger partial charge on any atom is 0.337 e. The fraction of sp³-hybridized carbons (Fsp3) is 0.167. The summed E-state index contributed by atoms with van der Waals surface area (Å²) in [5.74, 6) is -1.64. The van der Waals surface area contributed by atoms with E-state index in [0.717, 1.165) is 3.57 Å². The van der Waals surface area contributed by atoms with Crippen LogP contribution in [0.25, 0.3) is 0 Å². The number of carbonyl (C=O) groups is 2. The van der Waals surface area contributed by atoms with Crippen molar-refractivity contribution in [2.75, 3.05) is 11.9 Å². The maximum atomic E-state index is 12.0. The van der Waals surface area contributed by atoms with Gasteiger partial charge in [-0.05, 0) is 40.8 Å². The molecule has 1 heterocycles. The van der Waals surface area contributed by atoms with Gasteiger partial charge in [-0.25, -0.2) is 4.79 Å². The van der Waals surface area contributed by atoms with E-state index in [1.807, 2.05) is 22.6 Å². The summed E-state index contributed by atoms with van der Waals surface area (Å²) < 4.78 is 2.21. The van der Waals surface area contributed by atoms with Crippen molar-refractivity contribution >= 4 is 40.2 Å². The van der Waals surface area contributed by atoms with Crippen LogP contribution in [0.2, 0.25) is 0 Å². The quantitative estimate of drug-likeness (QED) is 0.637. The van der Waals surface area contributed by atoms with E-state index in [1.165, 1.54) is 23.0 Å². The van der Waals surface area contributed by atoms with E-state index in [9.17, 15) is 9.59 Å². The molecule has 0 spiro atoms. The molecule has 8 nitrogen and oxygen atoms in total. The summed E-state index contributed by atoms with van der Waals surface area (Å²) >= 11 is 2.00. The third-order valence-electron chi connectivity index (χ3n) is 2.59. The summed E-state index contributed by atoms with van der Waals surface area (Å²) in [7, 11) is 0. The molecule has 4 N–H and O–H groups in total. The van der Waals surface area contributed by atoms with Crippen LogP contribution in [0.4, 0.5) is 5.69 Å². The number of carboxylic acids is 1. The number of aromatic carboxylic acids is 1. The van der Waals surface area contributed by atoms with Gasteiger partial charge in [0.05, 0.1) is 24.0 Å². The first-order valence-corrected chi connectivity index (χ1v) is 7.03. The van der Waals surface area contributed by atoms with Gasteiger partial charge in [-0.2, -0.15) is 0 Å². The molecule has 1 amide bonds. The molecule has 0 aliphatic carbocycles. The van der Waals surface area contributed by atoms with Crippen molar-refractivity contribution < 1.29 is 14.7 Å². The standard InChI is InChI=1S/C12H12IN5O3/c13-7-1-2-9(8(5-7)12(20)21)15-11(19)10-6-18(4-3-14)17-16-10/h1-2,5-6H,3-4,14H2,(H,15,19)(H,20,21). The molecule has 1 aromatic heterocycles.